The molecule has 0 saturated carbocycles. The molecule has 0 amide bonds. The van der Waals surface area contributed by atoms with Gasteiger partial charge in [-0.3, -0.25) is 4.90 Å². The van der Waals surface area contributed by atoms with Crippen LogP contribution in [0.3, 0.4) is 0 Å². The van der Waals surface area contributed by atoms with Crippen LogP contribution in [0.5, 0.6) is 0 Å². The lowest BCUT2D eigenvalue weighted by Gasteiger charge is -2.23. The van der Waals surface area contributed by atoms with E-state index in [-0.39, 0.29) is 6.04 Å². The third-order valence-corrected chi connectivity index (χ3v) is 4.20. The largest absolute Gasteiger partial charge is 0.378 e. The number of anilines is 1. The highest BCUT2D eigenvalue weighted by Crippen LogP contribution is 2.30. The fraction of sp³-hybridized carbons (Fsp3) is 0.400. The SMILES string of the molecule is CN(C)c1ccc(C(c2nc(CN)cs2)N(C)C)cc1. The molecule has 0 aliphatic carbocycles. The van der Waals surface area contributed by atoms with Crippen molar-refractivity contribution in [2.45, 2.75) is 12.6 Å². The normalized spacial score (nSPS) is 12.7. The van der Waals surface area contributed by atoms with E-state index in [0.29, 0.717) is 6.54 Å². The van der Waals surface area contributed by atoms with Gasteiger partial charge in [-0.15, -0.1) is 11.3 Å². The minimum atomic E-state index is 0.177. The summed E-state index contributed by atoms with van der Waals surface area (Å²) in [5.41, 5.74) is 9.07. The van der Waals surface area contributed by atoms with Crippen molar-refractivity contribution in [1.29, 1.82) is 0 Å². The van der Waals surface area contributed by atoms with E-state index < -0.39 is 0 Å². The molecule has 1 unspecified atom stereocenters. The number of hydrogen-bond acceptors (Lipinski definition) is 5. The smallest absolute Gasteiger partial charge is 0.115 e. The first-order valence-electron chi connectivity index (χ1n) is 6.61. The molecular weight excluding hydrogens is 268 g/mol. The Labute approximate surface area is 124 Å². The summed E-state index contributed by atoms with van der Waals surface area (Å²) in [7, 11) is 8.25. The van der Waals surface area contributed by atoms with E-state index in [2.05, 4.69) is 53.1 Å². The molecule has 108 valence electrons. The molecule has 5 heteroatoms. The molecule has 4 nitrogen and oxygen atoms in total. The second kappa shape index (κ2) is 6.35. The van der Waals surface area contributed by atoms with Gasteiger partial charge in [0.1, 0.15) is 5.01 Å². The summed E-state index contributed by atoms with van der Waals surface area (Å²) in [6.45, 7) is 0.496. The number of hydrogen-bond donors (Lipinski definition) is 1. The quantitative estimate of drug-likeness (QED) is 0.918. The summed E-state index contributed by atoms with van der Waals surface area (Å²) < 4.78 is 0. The Morgan fingerprint density at radius 3 is 2.25 bits per heavy atom. The van der Waals surface area contributed by atoms with Gasteiger partial charge in [0.25, 0.3) is 0 Å². The van der Waals surface area contributed by atoms with Gasteiger partial charge in [-0.05, 0) is 31.8 Å². The molecule has 1 aromatic carbocycles. The van der Waals surface area contributed by atoms with Gasteiger partial charge in [-0.2, -0.15) is 0 Å². The van der Waals surface area contributed by atoms with Gasteiger partial charge in [-0.25, -0.2) is 4.98 Å². The van der Waals surface area contributed by atoms with Gasteiger partial charge < -0.3 is 10.6 Å². The summed E-state index contributed by atoms with van der Waals surface area (Å²) in [5.74, 6) is 0. The molecule has 0 radical (unpaired) electrons. The molecule has 2 aromatic rings. The molecular formula is C15H22N4S. The topological polar surface area (TPSA) is 45.4 Å². The van der Waals surface area contributed by atoms with Crippen molar-refractivity contribution in [2.24, 2.45) is 5.73 Å². The molecule has 0 aliphatic rings. The van der Waals surface area contributed by atoms with Crippen LogP contribution in [0.15, 0.2) is 29.6 Å². The average Bonchev–Trinajstić information content (AvgIpc) is 2.87. The van der Waals surface area contributed by atoms with Gasteiger partial charge in [-0.1, -0.05) is 12.1 Å². The van der Waals surface area contributed by atoms with Crippen LogP contribution in [0, 0.1) is 0 Å². The van der Waals surface area contributed by atoms with E-state index in [0.717, 1.165) is 10.7 Å². The highest BCUT2D eigenvalue weighted by Gasteiger charge is 2.20. The summed E-state index contributed by atoms with van der Waals surface area (Å²) >= 11 is 1.67. The van der Waals surface area contributed by atoms with Crippen LogP contribution in [0.25, 0.3) is 0 Å². The lowest BCUT2D eigenvalue weighted by molar-refractivity contribution is 0.341. The summed E-state index contributed by atoms with van der Waals surface area (Å²) in [6, 6.07) is 8.80. The zero-order valence-corrected chi connectivity index (χ0v) is 13.3. The predicted molar refractivity (Wildman–Crippen MR) is 86.3 cm³/mol. The number of benzene rings is 1. The first kappa shape index (κ1) is 15.0. The third kappa shape index (κ3) is 3.17. The van der Waals surface area contributed by atoms with Crippen LogP contribution in [0.1, 0.15) is 22.3 Å². The van der Waals surface area contributed by atoms with Crippen molar-refractivity contribution in [2.75, 3.05) is 33.1 Å². The van der Waals surface area contributed by atoms with Gasteiger partial charge >= 0.3 is 0 Å². The van der Waals surface area contributed by atoms with Crippen molar-refractivity contribution < 1.29 is 0 Å². The molecule has 0 fully saturated rings. The van der Waals surface area contributed by atoms with Crippen molar-refractivity contribution in [3.05, 3.63) is 45.9 Å². The zero-order valence-electron chi connectivity index (χ0n) is 12.5. The molecule has 0 spiro atoms. The lowest BCUT2D eigenvalue weighted by atomic mass is 10.1. The number of aromatic nitrogens is 1. The predicted octanol–water partition coefficient (Wildman–Crippen LogP) is 2.32. The lowest BCUT2D eigenvalue weighted by Crippen LogP contribution is -2.21. The van der Waals surface area contributed by atoms with Crippen LogP contribution >= 0.6 is 11.3 Å². The minimum absolute atomic E-state index is 0.177. The number of thiazole rings is 1. The molecule has 0 saturated heterocycles. The van der Waals surface area contributed by atoms with E-state index in [9.17, 15) is 0 Å². The number of rotatable bonds is 5. The van der Waals surface area contributed by atoms with E-state index in [1.165, 1.54) is 11.3 Å². The molecule has 2 N–H and O–H groups in total. The van der Waals surface area contributed by atoms with Crippen LogP contribution in [-0.2, 0) is 6.54 Å². The van der Waals surface area contributed by atoms with Crippen molar-refractivity contribution >= 4 is 17.0 Å². The third-order valence-electron chi connectivity index (χ3n) is 3.25. The highest BCUT2D eigenvalue weighted by atomic mass is 32.1. The molecule has 0 bridgehead atoms. The van der Waals surface area contributed by atoms with Gasteiger partial charge in [0.15, 0.2) is 0 Å². The van der Waals surface area contributed by atoms with Crippen LogP contribution in [0.4, 0.5) is 5.69 Å². The molecule has 0 aliphatic heterocycles. The van der Waals surface area contributed by atoms with E-state index in [1.54, 1.807) is 11.3 Å². The zero-order chi connectivity index (χ0) is 14.7. The minimum Gasteiger partial charge on any atom is -0.378 e. The maximum atomic E-state index is 5.66. The second-order valence-corrected chi connectivity index (χ2v) is 6.12. The second-order valence-electron chi connectivity index (χ2n) is 5.23. The summed E-state index contributed by atoms with van der Waals surface area (Å²) in [5, 5.41) is 3.13. The Kier molecular flexibility index (Phi) is 4.75. The average molecular weight is 290 g/mol. The van der Waals surface area contributed by atoms with Gasteiger partial charge in [0.2, 0.25) is 0 Å². The number of nitrogens with zero attached hydrogens (tertiary/aromatic N) is 3. The monoisotopic (exact) mass is 290 g/mol. The Morgan fingerprint density at radius 1 is 1.15 bits per heavy atom. The van der Waals surface area contributed by atoms with E-state index in [4.69, 9.17) is 5.73 Å². The van der Waals surface area contributed by atoms with Crippen molar-refractivity contribution in [3.63, 3.8) is 0 Å². The fourth-order valence-electron chi connectivity index (χ4n) is 2.16. The summed E-state index contributed by atoms with van der Waals surface area (Å²) in [4.78, 5) is 8.91. The summed E-state index contributed by atoms with van der Waals surface area (Å²) in [6.07, 6.45) is 0. The Morgan fingerprint density at radius 2 is 1.80 bits per heavy atom. The molecule has 2 rings (SSSR count). The molecule has 1 heterocycles. The maximum Gasteiger partial charge on any atom is 0.115 e. The van der Waals surface area contributed by atoms with Crippen LogP contribution < -0.4 is 10.6 Å². The Balaban J connectivity index is 2.33. The van der Waals surface area contributed by atoms with Crippen molar-refractivity contribution in [3.8, 4) is 0 Å². The Hall–Kier alpha value is -1.43. The first-order valence-corrected chi connectivity index (χ1v) is 7.49. The van der Waals surface area contributed by atoms with Gasteiger partial charge in [0, 0.05) is 31.7 Å². The maximum absolute atomic E-state index is 5.66. The van der Waals surface area contributed by atoms with Gasteiger partial charge in [0.05, 0.1) is 11.7 Å². The standard InChI is InChI=1S/C15H22N4S/c1-18(2)13-7-5-11(6-8-13)14(19(3)4)15-17-12(9-16)10-20-15/h5-8,10,14H,9,16H2,1-4H3. The number of nitrogens with two attached hydrogens (primary N) is 1. The molecule has 1 atom stereocenters. The molecule has 1 aromatic heterocycles. The highest BCUT2D eigenvalue weighted by molar-refractivity contribution is 7.09. The van der Waals surface area contributed by atoms with E-state index in [1.807, 2.05) is 19.5 Å². The van der Waals surface area contributed by atoms with Crippen LogP contribution in [-0.4, -0.2) is 38.1 Å². The Bertz CT molecular complexity index is 545. The first-order chi connectivity index (χ1) is 9.52. The van der Waals surface area contributed by atoms with Crippen molar-refractivity contribution in [1.82, 2.24) is 9.88 Å². The fourth-order valence-corrected chi connectivity index (χ4v) is 3.21. The van der Waals surface area contributed by atoms with Crippen LogP contribution in [0.2, 0.25) is 0 Å². The molecule has 20 heavy (non-hydrogen) atoms. The van der Waals surface area contributed by atoms with E-state index >= 15 is 0 Å².